The molecule has 0 bridgehead atoms. The van der Waals surface area contributed by atoms with Gasteiger partial charge in [-0.1, -0.05) is 23.9 Å². The van der Waals surface area contributed by atoms with E-state index in [0.717, 1.165) is 17.7 Å². The Kier molecular flexibility index (Phi) is 5.76. The first-order chi connectivity index (χ1) is 13.3. The van der Waals surface area contributed by atoms with Crippen molar-refractivity contribution in [3.63, 3.8) is 0 Å². The van der Waals surface area contributed by atoms with Crippen LogP contribution in [0.25, 0.3) is 0 Å². The van der Waals surface area contributed by atoms with Crippen LogP contribution in [-0.4, -0.2) is 33.6 Å². The molecule has 2 aromatic rings. The third-order valence-electron chi connectivity index (χ3n) is 4.60. The van der Waals surface area contributed by atoms with E-state index < -0.39 is 15.6 Å². The zero-order valence-electron chi connectivity index (χ0n) is 15.9. The summed E-state index contributed by atoms with van der Waals surface area (Å²) in [6.45, 7) is 2.00. The van der Waals surface area contributed by atoms with Gasteiger partial charge in [0.05, 0.1) is 24.7 Å². The van der Waals surface area contributed by atoms with Crippen LogP contribution in [-0.2, 0) is 15.6 Å². The van der Waals surface area contributed by atoms with Crippen LogP contribution in [0.3, 0.4) is 0 Å². The summed E-state index contributed by atoms with van der Waals surface area (Å²) < 4.78 is 38.6. The summed E-state index contributed by atoms with van der Waals surface area (Å²) in [5, 5.41) is 0.546. The fraction of sp³-hybridized carbons (Fsp3) is 0.316. The van der Waals surface area contributed by atoms with Crippen molar-refractivity contribution < 1.29 is 17.9 Å². The maximum Gasteiger partial charge on any atom is 0.262 e. The van der Waals surface area contributed by atoms with E-state index in [2.05, 4.69) is 9.71 Å². The molecule has 3 N–H and O–H groups in total. The second kappa shape index (κ2) is 7.92. The molecular formula is C19H23N3O4S2. The van der Waals surface area contributed by atoms with Crippen LogP contribution in [0.15, 0.2) is 52.4 Å². The summed E-state index contributed by atoms with van der Waals surface area (Å²) in [7, 11) is -0.845. The van der Waals surface area contributed by atoms with Crippen molar-refractivity contribution >= 4 is 32.6 Å². The Balaban J connectivity index is 1.90. The number of ether oxygens (including phenoxy) is 2. The number of nitrogens with two attached hydrogens (primary N) is 1. The van der Waals surface area contributed by atoms with E-state index in [4.69, 9.17) is 15.2 Å². The smallest absolute Gasteiger partial charge is 0.262 e. The van der Waals surface area contributed by atoms with Gasteiger partial charge in [-0.15, -0.1) is 0 Å². The first-order valence-electron chi connectivity index (χ1n) is 8.61. The van der Waals surface area contributed by atoms with Crippen LogP contribution in [0.5, 0.6) is 11.5 Å². The van der Waals surface area contributed by atoms with Gasteiger partial charge >= 0.3 is 0 Å². The molecule has 1 aliphatic rings. The summed E-state index contributed by atoms with van der Waals surface area (Å²) in [6.07, 6.45) is 0.824. The highest BCUT2D eigenvalue weighted by atomic mass is 32.2. The Labute approximate surface area is 169 Å². The molecule has 0 saturated carbocycles. The first kappa shape index (κ1) is 20.3. The molecular weight excluding hydrogens is 398 g/mol. The standard InChI is InChI=1S/C19H23N3O4S2/c1-19(9-10-27-18(20)21-19)13-5-4-6-14(11-13)22-28(23,24)15-7-8-16(25-2)17(12-15)26-3/h4-8,11-12,22H,9-10H2,1-3H3,(H2,20,21). The molecule has 1 atom stereocenters. The zero-order chi connectivity index (χ0) is 20.4. The summed E-state index contributed by atoms with van der Waals surface area (Å²) in [5.41, 5.74) is 6.79. The van der Waals surface area contributed by atoms with Crippen molar-refractivity contribution in [1.29, 1.82) is 0 Å². The van der Waals surface area contributed by atoms with E-state index in [9.17, 15) is 8.42 Å². The van der Waals surface area contributed by atoms with Gasteiger partial charge in [-0.2, -0.15) is 0 Å². The summed E-state index contributed by atoms with van der Waals surface area (Å²) in [5.74, 6) is 1.67. The van der Waals surface area contributed by atoms with Crippen LogP contribution in [0.2, 0.25) is 0 Å². The van der Waals surface area contributed by atoms with Crippen molar-refractivity contribution in [3.8, 4) is 11.5 Å². The monoisotopic (exact) mass is 421 g/mol. The van der Waals surface area contributed by atoms with Gasteiger partial charge in [0.1, 0.15) is 0 Å². The number of rotatable bonds is 6. The Morgan fingerprint density at radius 3 is 2.57 bits per heavy atom. The quantitative estimate of drug-likeness (QED) is 0.743. The average molecular weight is 422 g/mol. The SMILES string of the molecule is COc1ccc(S(=O)(=O)Nc2cccc(C3(C)CCSC(N)=N3)c2)cc1OC. The molecule has 28 heavy (non-hydrogen) atoms. The van der Waals surface area contributed by atoms with Crippen molar-refractivity contribution in [2.45, 2.75) is 23.8 Å². The van der Waals surface area contributed by atoms with E-state index in [1.165, 1.54) is 38.1 Å². The largest absolute Gasteiger partial charge is 0.493 e. The second-order valence-corrected chi connectivity index (χ2v) is 9.32. The van der Waals surface area contributed by atoms with Crippen LogP contribution in [0, 0.1) is 0 Å². The molecule has 1 unspecified atom stereocenters. The molecule has 0 spiro atoms. The van der Waals surface area contributed by atoms with E-state index in [-0.39, 0.29) is 4.90 Å². The molecule has 7 nitrogen and oxygen atoms in total. The van der Waals surface area contributed by atoms with E-state index >= 15 is 0 Å². The average Bonchev–Trinajstić information content (AvgIpc) is 2.67. The highest BCUT2D eigenvalue weighted by Crippen LogP contribution is 2.36. The summed E-state index contributed by atoms with van der Waals surface area (Å²) >= 11 is 1.53. The Morgan fingerprint density at radius 2 is 1.89 bits per heavy atom. The lowest BCUT2D eigenvalue weighted by atomic mass is 9.89. The molecule has 0 saturated heterocycles. The number of nitrogens with one attached hydrogen (secondary N) is 1. The Hall–Kier alpha value is -2.39. The Morgan fingerprint density at radius 1 is 1.14 bits per heavy atom. The van der Waals surface area contributed by atoms with Gasteiger partial charge in [-0.05, 0) is 43.2 Å². The molecule has 0 aliphatic carbocycles. The predicted molar refractivity (Wildman–Crippen MR) is 113 cm³/mol. The molecule has 1 aliphatic heterocycles. The number of aliphatic imine (C=N–C) groups is 1. The van der Waals surface area contributed by atoms with Gasteiger partial charge in [-0.25, -0.2) is 8.42 Å². The van der Waals surface area contributed by atoms with E-state index in [1.807, 2.05) is 13.0 Å². The lowest BCUT2D eigenvalue weighted by molar-refractivity contribution is 0.354. The fourth-order valence-electron chi connectivity index (χ4n) is 3.01. The third kappa shape index (κ3) is 4.20. The van der Waals surface area contributed by atoms with Crippen molar-refractivity contribution in [3.05, 3.63) is 48.0 Å². The van der Waals surface area contributed by atoms with E-state index in [0.29, 0.717) is 22.4 Å². The minimum atomic E-state index is -3.80. The normalized spacial score (nSPS) is 19.6. The van der Waals surface area contributed by atoms with Gasteiger partial charge in [0, 0.05) is 17.5 Å². The predicted octanol–water partition coefficient (Wildman–Crippen LogP) is 3.17. The number of amidine groups is 1. The second-order valence-electron chi connectivity index (χ2n) is 6.53. The molecule has 0 fully saturated rings. The number of hydrogen-bond donors (Lipinski definition) is 2. The van der Waals surface area contributed by atoms with Gasteiger partial charge < -0.3 is 15.2 Å². The Bertz CT molecular complexity index is 1010. The van der Waals surface area contributed by atoms with Crippen LogP contribution in [0.4, 0.5) is 5.69 Å². The summed E-state index contributed by atoms with van der Waals surface area (Å²) in [6, 6.07) is 11.7. The lowest BCUT2D eigenvalue weighted by Crippen LogP contribution is -2.28. The van der Waals surface area contributed by atoms with Crippen LogP contribution >= 0.6 is 11.8 Å². The number of methoxy groups -OCH3 is 2. The minimum Gasteiger partial charge on any atom is -0.493 e. The maximum atomic E-state index is 12.8. The first-order valence-corrected chi connectivity index (χ1v) is 11.1. The maximum absolute atomic E-state index is 12.8. The van der Waals surface area contributed by atoms with Crippen molar-refractivity contribution in [1.82, 2.24) is 0 Å². The lowest BCUT2D eigenvalue weighted by Gasteiger charge is -2.30. The molecule has 3 rings (SSSR count). The van der Waals surface area contributed by atoms with Gasteiger partial charge in [0.15, 0.2) is 16.7 Å². The van der Waals surface area contributed by atoms with Crippen molar-refractivity contribution in [2.75, 3.05) is 24.7 Å². The van der Waals surface area contributed by atoms with Crippen LogP contribution < -0.4 is 19.9 Å². The van der Waals surface area contributed by atoms with E-state index in [1.54, 1.807) is 24.3 Å². The van der Waals surface area contributed by atoms with Gasteiger partial charge in [-0.3, -0.25) is 9.71 Å². The number of nitrogens with zero attached hydrogens (tertiary/aromatic N) is 1. The third-order valence-corrected chi connectivity index (χ3v) is 6.77. The van der Waals surface area contributed by atoms with Gasteiger partial charge in [0.25, 0.3) is 10.0 Å². The molecule has 9 heteroatoms. The number of anilines is 1. The molecule has 1 heterocycles. The number of sulfonamides is 1. The van der Waals surface area contributed by atoms with Crippen LogP contribution in [0.1, 0.15) is 18.9 Å². The molecule has 0 amide bonds. The number of thioether (sulfide) groups is 1. The number of benzene rings is 2. The molecule has 0 aromatic heterocycles. The topological polar surface area (TPSA) is 103 Å². The molecule has 2 aromatic carbocycles. The molecule has 150 valence electrons. The zero-order valence-corrected chi connectivity index (χ0v) is 17.6. The highest BCUT2D eigenvalue weighted by Gasteiger charge is 2.29. The highest BCUT2D eigenvalue weighted by molar-refractivity contribution is 8.13. The number of hydrogen-bond acceptors (Lipinski definition) is 7. The molecule has 0 radical (unpaired) electrons. The van der Waals surface area contributed by atoms with Gasteiger partial charge in [0.2, 0.25) is 0 Å². The fourth-order valence-corrected chi connectivity index (χ4v) is 5.05. The minimum absolute atomic E-state index is 0.0816. The summed E-state index contributed by atoms with van der Waals surface area (Å²) in [4.78, 5) is 4.65. The van der Waals surface area contributed by atoms with Crippen molar-refractivity contribution in [2.24, 2.45) is 10.7 Å².